The first kappa shape index (κ1) is 20.8. The van der Waals surface area contributed by atoms with Crippen LogP contribution in [0.25, 0.3) is 0 Å². The zero-order valence-electron chi connectivity index (χ0n) is 15.5. The van der Waals surface area contributed by atoms with E-state index < -0.39 is 18.5 Å². The number of esters is 1. The molecule has 3 aromatic rings. The Morgan fingerprint density at radius 3 is 2.41 bits per heavy atom. The topological polar surface area (TPSA) is 72.5 Å². The second-order valence-corrected chi connectivity index (χ2v) is 8.08. The van der Waals surface area contributed by atoms with E-state index >= 15 is 0 Å². The molecule has 0 saturated carbocycles. The third kappa shape index (κ3) is 6.58. The zero-order valence-corrected chi connectivity index (χ0v) is 17.1. The second-order valence-electron chi connectivity index (χ2n) is 6.02. The van der Waals surface area contributed by atoms with E-state index in [0.717, 1.165) is 9.79 Å². The number of carbonyl (C=O) groups excluding carboxylic acids is 3. The number of thiophene rings is 1. The molecule has 148 valence electrons. The largest absolute Gasteiger partial charge is 0.456 e. The molecule has 2 aromatic carbocycles. The highest BCUT2D eigenvalue weighted by Crippen LogP contribution is 2.33. The molecule has 29 heavy (non-hydrogen) atoms. The smallest absolute Gasteiger partial charge is 0.306 e. The van der Waals surface area contributed by atoms with Gasteiger partial charge in [0.25, 0.3) is 5.91 Å². The number of rotatable bonds is 9. The van der Waals surface area contributed by atoms with Gasteiger partial charge >= 0.3 is 5.97 Å². The highest BCUT2D eigenvalue weighted by molar-refractivity contribution is 7.99. The van der Waals surface area contributed by atoms with E-state index in [0.29, 0.717) is 10.6 Å². The molecule has 3 rings (SSSR count). The fourth-order valence-electron chi connectivity index (χ4n) is 2.45. The Morgan fingerprint density at radius 2 is 1.66 bits per heavy atom. The number of para-hydroxylation sites is 1. The van der Waals surface area contributed by atoms with Crippen molar-refractivity contribution in [1.82, 2.24) is 0 Å². The summed E-state index contributed by atoms with van der Waals surface area (Å²) in [6.07, 6.45) is 0.0158. The molecule has 0 unspecified atom stereocenters. The van der Waals surface area contributed by atoms with Crippen LogP contribution < -0.4 is 5.32 Å². The minimum atomic E-state index is -0.572. The van der Waals surface area contributed by atoms with Crippen LogP contribution in [0.3, 0.4) is 0 Å². The third-order valence-corrected chi connectivity index (χ3v) is 5.84. The Balaban J connectivity index is 1.47. The lowest BCUT2D eigenvalue weighted by molar-refractivity contribution is -0.147. The minimum absolute atomic E-state index is 0.0511. The summed E-state index contributed by atoms with van der Waals surface area (Å²) in [6, 6.07) is 20.8. The van der Waals surface area contributed by atoms with Crippen molar-refractivity contribution in [3.63, 3.8) is 0 Å². The maximum Gasteiger partial charge on any atom is 0.306 e. The van der Waals surface area contributed by atoms with Crippen molar-refractivity contribution in [2.45, 2.75) is 22.6 Å². The number of benzene rings is 2. The van der Waals surface area contributed by atoms with Crippen LogP contribution in [0.4, 0.5) is 5.69 Å². The molecule has 0 radical (unpaired) electrons. The molecular weight excluding hydrogens is 406 g/mol. The number of ketones is 1. The second kappa shape index (κ2) is 10.6. The van der Waals surface area contributed by atoms with Crippen LogP contribution in [0.1, 0.15) is 22.5 Å². The predicted molar refractivity (Wildman–Crippen MR) is 114 cm³/mol. The van der Waals surface area contributed by atoms with E-state index in [2.05, 4.69) is 5.32 Å². The number of Topliss-reactive ketones (excluding diaryl/α,β-unsaturated/α-hetero) is 1. The molecule has 0 bridgehead atoms. The Morgan fingerprint density at radius 1 is 0.897 bits per heavy atom. The molecule has 0 aliphatic heterocycles. The molecule has 0 spiro atoms. The number of hydrogen-bond donors (Lipinski definition) is 1. The van der Waals surface area contributed by atoms with Gasteiger partial charge in [-0.25, -0.2) is 0 Å². The predicted octanol–water partition coefficient (Wildman–Crippen LogP) is 5.04. The van der Waals surface area contributed by atoms with Crippen molar-refractivity contribution >= 4 is 46.4 Å². The number of amides is 1. The number of carbonyl (C=O) groups is 3. The summed E-state index contributed by atoms with van der Waals surface area (Å²) in [5.41, 5.74) is 0.648. The molecule has 1 aromatic heterocycles. The van der Waals surface area contributed by atoms with Gasteiger partial charge in [-0.3, -0.25) is 14.4 Å². The molecule has 1 heterocycles. The van der Waals surface area contributed by atoms with Gasteiger partial charge in [-0.15, -0.1) is 11.3 Å². The van der Waals surface area contributed by atoms with Gasteiger partial charge < -0.3 is 10.1 Å². The fraction of sp³-hybridized carbons (Fsp3) is 0.136. The van der Waals surface area contributed by atoms with Gasteiger partial charge in [-0.2, -0.15) is 0 Å². The summed E-state index contributed by atoms with van der Waals surface area (Å²) in [7, 11) is 0. The Kier molecular flexibility index (Phi) is 7.61. The summed E-state index contributed by atoms with van der Waals surface area (Å²) in [5, 5.41) is 4.58. The third-order valence-electron chi connectivity index (χ3n) is 3.85. The number of hydrogen-bond acceptors (Lipinski definition) is 6. The lowest BCUT2D eigenvalue weighted by Gasteiger charge is -2.11. The van der Waals surface area contributed by atoms with Crippen molar-refractivity contribution in [2.75, 3.05) is 11.9 Å². The van der Waals surface area contributed by atoms with Crippen molar-refractivity contribution in [1.29, 1.82) is 0 Å². The van der Waals surface area contributed by atoms with Crippen LogP contribution in [0, 0.1) is 0 Å². The Bertz CT molecular complexity index is 971. The summed E-state index contributed by atoms with van der Waals surface area (Å²) >= 11 is 2.87. The lowest BCUT2D eigenvalue weighted by atomic mass is 10.2. The first-order chi connectivity index (χ1) is 14.1. The minimum Gasteiger partial charge on any atom is -0.456 e. The number of ether oxygens (including phenoxy) is 1. The van der Waals surface area contributed by atoms with E-state index in [4.69, 9.17) is 4.74 Å². The molecule has 1 amide bonds. The average Bonchev–Trinajstić information content (AvgIpc) is 3.28. The van der Waals surface area contributed by atoms with Crippen molar-refractivity contribution in [3.8, 4) is 0 Å². The maximum absolute atomic E-state index is 12.2. The molecule has 0 aliphatic carbocycles. The van der Waals surface area contributed by atoms with Crippen molar-refractivity contribution in [2.24, 2.45) is 0 Å². The highest BCUT2D eigenvalue weighted by Gasteiger charge is 2.13. The summed E-state index contributed by atoms with van der Waals surface area (Å²) in [4.78, 5) is 38.5. The van der Waals surface area contributed by atoms with E-state index in [-0.39, 0.29) is 18.6 Å². The number of anilines is 1. The normalized spacial score (nSPS) is 10.3. The first-order valence-electron chi connectivity index (χ1n) is 8.96. The molecule has 0 fully saturated rings. The molecule has 5 nitrogen and oxygen atoms in total. The average molecular weight is 426 g/mol. The standard InChI is InChI=1S/C22H19NO4S2/c24-18(20-11-6-14-28-20)12-13-22(26)27-15-21(25)23-17-9-4-5-10-19(17)29-16-7-2-1-3-8-16/h1-11,14H,12-13,15H2,(H,23,25). The van der Waals surface area contributed by atoms with Gasteiger partial charge in [0.1, 0.15) is 0 Å². The summed E-state index contributed by atoms with van der Waals surface area (Å²) in [6.45, 7) is -0.392. The molecule has 7 heteroatoms. The van der Waals surface area contributed by atoms with Gasteiger partial charge in [0.15, 0.2) is 12.4 Å². The lowest BCUT2D eigenvalue weighted by Crippen LogP contribution is -2.21. The van der Waals surface area contributed by atoms with E-state index in [1.54, 1.807) is 18.2 Å². The van der Waals surface area contributed by atoms with Crippen LogP contribution in [0.15, 0.2) is 81.9 Å². The quantitative estimate of drug-likeness (QED) is 0.384. The highest BCUT2D eigenvalue weighted by atomic mass is 32.2. The zero-order chi connectivity index (χ0) is 20.5. The first-order valence-corrected chi connectivity index (χ1v) is 10.7. The van der Waals surface area contributed by atoms with Gasteiger partial charge in [-0.05, 0) is 35.7 Å². The number of nitrogens with one attached hydrogen (secondary N) is 1. The molecule has 1 N–H and O–H groups in total. The van der Waals surface area contributed by atoms with Crippen molar-refractivity contribution < 1.29 is 19.1 Å². The fourth-order valence-corrected chi connectivity index (χ4v) is 4.07. The molecule has 0 atom stereocenters. The van der Waals surface area contributed by atoms with Crippen molar-refractivity contribution in [3.05, 3.63) is 77.0 Å². The van der Waals surface area contributed by atoms with Crippen LogP contribution in [-0.4, -0.2) is 24.3 Å². The van der Waals surface area contributed by atoms with Gasteiger partial charge in [0.05, 0.1) is 17.0 Å². The summed E-state index contributed by atoms with van der Waals surface area (Å²) in [5.74, 6) is -1.10. The molecular formula is C22H19NO4S2. The Labute approximate surface area is 177 Å². The molecule has 0 aliphatic rings. The monoisotopic (exact) mass is 425 g/mol. The van der Waals surface area contributed by atoms with Gasteiger partial charge in [0.2, 0.25) is 0 Å². The maximum atomic E-state index is 12.2. The van der Waals surface area contributed by atoms with E-state index in [9.17, 15) is 14.4 Å². The van der Waals surface area contributed by atoms with Crippen LogP contribution in [0.2, 0.25) is 0 Å². The summed E-state index contributed by atoms with van der Waals surface area (Å²) < 4.78 is 5.00. The van der Waals surface area contributed by atoms with Gasteiger partial charge in [0, 0.05) is 16.2 Å². The molecule has 0 saturated heterocycles. The van der Waals surface area contributed by atoms with E-state index in [1.165, 1.54) is 23.1 Å². The van der Waals surface area contributed by atoms with E-state index in [1.807, 2.05) is 53.9 Å². The van der Waals surface area contributed by atoms with Crippen LogP contribution in [0.5, 0.6) is 0 Å². The van der Waals surface area contributed by atoms with Crippen LogP contribution in [-0.2, 0) is 14.3 Å². The SMILES string of the molecule is O=C(COC(=O)CCC(=O)c1cccs1)Nc1ccccc1Sc1ccccc1. The van der Waals surface area contributed by atoms with Gasteiger partial charge in [-0.1, -0.05) is 48.2 Å². The Hall–Kier alpha value is -2.90. The van der Waals surface area contributed by atoms with Crippen LogP contribution >= 0.6 is 23.1 Å².